The summed E-state index contributed by atoms with van der Waals surface area (Å²) < 4.78 is 27.8. The van der Waals surface area contributed by atoms with E-state index in [4.69, 9.17) is 0 Å². The van der Waals surface area contributed by atoms with Crippen LogP contribution in [-0.2, 0) is 27.7 Å². The number of likely N-dealkylation sites (N-methyl/N-ethyl adjacent to an activating group) is 1. The van der Waals surface area contributed by atoms with Crippen molar-refractivity contribution in [2.75, 3.05) is 32.7 Å². The zero-order valence-electron chi connectivity index (χ0n) is 18.7. The zero-order valence-corrected chi connectivity index (χ0v) is 19.5. The maximum atomic E-state index is 13.1. The van der Waals surface area contributed by atoms with Gasteiger partial charge in [0.15, 0.2) is 0 Å². The van der Waals surface area contributed by atoms with Crippen molar-refractivity contribution in [1.29, 1.82) is 0 Å². The molecule has 0 aromatic heterocycles. The lowest BCUT2D eigenvalue weighted by molar-refractivity contribution is -0.126. The van der Waals surface area contributed by atoms with Gasteiger partial charge in [0.2, 0.25) is 15.9 Å². The number of amides is 1. The van der Waals surface area contributed by atoms with Gasteiger partial charge in [-0.1, -0.05) is 13.0 Å². The lowest BCUT2D eigenvalue weighted by atomic mass is 9.92. The van der Waals surface area contributed by atoms with Gasteiger partial charge in [-0.15, -0.1) is 0 Å². The minimum atomic E-state index is -3.49. The predicted octanol–water partition coefficient (Wildman–Crippen LogP) is 2.81. The highest BCUT2D eigenvalue weighted by Crippen LogP contribution is 2.28. The Morgan fingerprint density at radius 3 is 2.47 bits per heavy atom. The van der Waals surface area contributed by atoms with Crippen molar-refractivity contribution < 1.29 is 13.2 Å². The van der Waals surface area contributed by atoms with E-state index in [0.717, 1.165) is 32.4 Å². The van der Waals surface area contributed by atoms with Gasteiger partial charge in [0.25, 0.3) is 0 Å². The number of nitrogens with one attached hydrogen (secondary N) is 1. The second-order valence-corrected chi connectivity index (χ2v) is 10.8. The predicted molar refractivity (Wildman–Crippen MR) is 120 cm³/mol. The number of nitrogens with zero attached hydrogens (tertiary/aromatic N) is 2. The quantitative estimate of drug-likeness (QED) is 0.682. The Bertz CT molecular complexity index is 830. The van der Waals surface area contributed by atoms with E-state index in [9.17, 15) is 13.2 Å². The molecule has 30 heavy (non-hydrogen) atoms. The Morgan fingerprint density at radius 2 is 1.83 bits per heavy atom. The number of carbonyl (C=O) groups is 1. The first-order valence-corrected chi connectivity index (χ1v) is 12.9. The minimum absolute atomic E-state index is 0.0561. The summed E-state index contributed by atoms with van der Waals surface area (Å²) in [6.07, 6.45) is 5.48. The molecular formula is C23H37N3O3S. The molecule has 1 aromatic rings. The highest BCUT2D eigenvalue weighted by molar-refractivity contribution is 7.89. The standard InChI is InChI=1S/C23H37N3O3S/c1-4-25(18(2)3)16-13-24-23(27)20-11-14-26(15-12-20)30(28,29)22-10-9-19-7-5-6-8-21(19)17-22/h9-10,17-18,20H,4-8,11-16H2,1-3H3,(H,24,27). The molecule has 0 bridgehead atoms. The summed E-state index contributed by atoms with van der Waals surface area (Å²) in [5.41, 5.74) is 2.47. The molecule has 1 heterocycles. The third-order valence-electron chi connectivity index (χ3n) is 6.62. The lowest BCUT2D eigenvalue weighted by Gasteiger charge is -2.31. The van der Waals surface area contributed by atoms with Gasteiger partial charge >= 0.3 is 0 Å². The van der Waals surface area contributed by atoms with Gasteiger partial charge in [-0.3, -0.25) is 9.69 Å². The minimum Gasteiger partial charge on any atom is -0.355 e. The fourth-order valence-corrected chi connectivity index (χ4v) is 6.15. The van der Waals surface area contributed by atoms with Gasteiger partial charge in [0.1, 0.15) is 0 Å². The van der Waals surface area contributed by atoms with Crippen molar-refractivity contribution in [2.45, 2.75) is 70.2 Å². The summed E-state index contributed by atoms with van der Waals surface area (Å²) in [5, 5.41) is 3.04. The van der Waals surface area contributed by atoms with Gasteiger partial charge in [0, 0.05) is 38.1 Å². The molecule has 2 aliphatic rings. The number of hydrogen-bond donors (Lipinski definition) is 1. The van der Waals surface area contributed by atoms with Crippen molar-refractivity contribution in [2.24, 2.45) is 5.92 Å². The Hall–Kier alpha value is -1.44. The fraction of sp³-hybridized carbons (Fsp3) is 0.696. The molecule has 0 saturated carbocycles. The van der Waals surface area contributed by atoms with Crippen LogP contribution in [0, 0.1) is 5.92 Å². The fourth-order valence-electron chi connectivity index (χ4n) is 4.63. The van der Waals surface area contributed by atoms with Gasteiger partial charge in [0.05, 0.1) is 4.90 Å². The van der Waals surface area contributed by atoms with Crippen molar-refractivity contribution in [3.8, 4) is 0 Å². The van der Waals surface area contributed by atoms with Crippen LogP contribution >= 0.6 is 0 Å². The van der Waals surface area contributed by atoms with Gasteiger partial charge in [-0.2, -0.15) is 4.31 Å². The maximum absolute atomic E-state index is 13.1. The Kier molecular flexibility index (Phi) is 7.93. The average molecular weight is 436 g/mol. The third-order valence-corrected chi connectivity index (χ3v) is 8.51. The summed E-state index contributed by atoms with van der Waals surface area (Å²) in [5.74, 6) is -0.0465. The Labute approximate surface area is 182 Å². The molecule has 1 aliphatic heterocycles. The number of rotatable bonds is 8. The van der Waals surface area contributed by atoms with Crippen molar-refractivity contribution in [3.05, 3.63) is 29.3 Å². The van der Waals surface area contributed by atoms with Crippen LogP contribution < -0.4 is 5.32 Å². The first kappa shape index (κ1) is 23.2. The van der Waals surface area contributed by atoms with Gasteiger partial charge < -0.3 is 5.32 Å². The van der Waals surface area contributed by atoms with Crippen molar-refractivity contribution in [3.63, 3.8) is 0 Å². The second kappa shape index (κ2) is 10.2. The number of sulfonamides is 1. The average Bonchev–Trinajstić information content (AvgIpc) is 2.76. The summed E-state index contributed by atoms with van der Waals surface area (Å²) in [6.45, 7) is 9.69. The molecular weight excluding hydrogens is 398 g/mol. The Morgan fingerprint density at radius 1 is 1.17 bits per heavy atom. The number of carbonyl (C=O) groups excluding carboxylic acids is 1. The van der Waals surface area contributed by atoms with Crippen molar-refractivity contribution in [1.82, 2.24) is 14.5 Å². The van der Waals surface area contributed by atoms with Crippen LogP contribution in [-0.4, -0.2) is 62.3 Å². The molecule has 0 spiro atoms. The SMILES string of the molecule is CCN(CCNC(=O)C1CCN(S(=O)(=O)c2ccc3c(c2)CCCC3)CC1)C(C)C. The summed E-state index contributed by atoms with van der Waals surface area (Å²) in [6, 6.07) is 6.07. The highest BCUT2D eigenvalue weighted by atomic mass is 32.2. The number of hydrogen-bond acceptors (Lipinski definition) is 4. The van der Waals surface area contributed by atoms with E-state index in [1.165, 1.54) is 17.5 Å². The summed E-state index contributed by atoms with van der Waals surface area (Å²) in [7, 11) is -3.49. The number of aryl methyl sites for hydroxylation is 2. The molecule has 3 rings (SSSR count). The van der Waals surface area contributed by atoms with Crippen LogP contribution in [0.4, 0.5) is 0 Å². The molecule has 1 N–H and O–H groups in total. The number of benzene rings is 1. The lowest BCUT2D eigenvalue weighted by Crippen LogP contribution is -2.44. The summed E-state index contributed by atoms with van der Waals surface area (Å²) >= 11 is 0. The normalized spacial score (nSPS) is 18.6. The van der Waals surface area contributed by atoms with Crippen molar-refractivity contribution >= 4 is 15.9 Å². The topological polar surface area (TPSA) is 69.7 Å². The second-order valence-electron chi connectivity index (χ2n) is 8.83. The van der Waals surface area contributed by atoms with E-state index < -0.39 is 10.0 Å². The highest BCUT2D eigenvalue weighted by Gasteiger charge is 2.32. The molecule has 1 aliphatic carbocycles. The monoisotopic (exact) mass is 435 g/mol. The molecule has 0 unspecified atom stereocenters. The van der Waals surface area contributed by atoms with Crippen LogP contribution in [0.2, 0.25) is 0 Å². The molecule has 0 atom stereocenters. The van der Waals surface area contributed by atoms with Crippen LogP contribution in [0.5, 0.6) is 0 Å². The number of piperidine rings is 1. The number of fused-ring (bicyclic) bond motifs is 1. The van der Waals surface area contributed by atoms with Crippen LogP contribution in [0.25, 0.3) is 0 Å². The van der Waals surface area contributed by atoms with Gasteiger partial charge in [-0.25, -0.2) is 8.42 Å². The molecule has 168 valence electrons. The zero-order chi connectivity index (χ0) is 21.7. The smallest absolute Gasteiger partial charge is 0.243 e. The summed E-state index contributed by atoms with van der Waals surface area (Å²) in [4.78, 5) is 15.2. The van der Waals surface area contributed by atoms with E-state index in [2.05, 4.69) is 31.0 Å². The first-order valence-electron chi connectivity index (χ1n) is 11.5. The molecule has 1 aromatic carbocycles. The van der Waals surface area contributed by atoms with Crippen LogP contribution in [0.3, 0.4) is 0 Å². The Balaban J connectivity index is 1.52. The molecule has 0 radical (unpaired) electrons. The van der Waals surface area contributed by atoms with E-state index >= 15 is 0 Å². The third kappa shape index (κ3) is 5.42. The van der Waals surface area contributed by atoms with Crippen LogP contribution in [0.1, 0.15) is 57.6 Å². The molecule has 1 fully saturated rings. The van der Waals surface area contributed by atoms with Crippen LogP contribution in [0.15, 0.2) is 23.1 Å². The molecule has 6 nitrogen and oxygen atoms in total. The van der Waals surface area contributed by atoms with E-state index in [1.807, 2.05) is 12.1 Å². The van der Waals surface area contributed by atoms with E-state index in [1.54, 1.807) is 10.4 Å². The van der Waals surface area contributed by atoms with E-state index in [-0.39, 0.29) is 11.8 Å². The molecule has 7 heteroatoms. The first-order chi connectivity index (χ1) is 14.3. The molecule has 1 amide bonds. The molecule has 1 saturated heterocycles. The van der Waals surface area contributed by atoms with Gasteiger partial charge in [-0.05, 0) is 82.2 Å². The largest absolute Gasteiger partial charge is 0.355 e. The maximum Gasteiger partial charge on any atom is 0.243 e. The van der Waals surface area contributed by atoms with E-state index in [0.29, 0.717) is 43.4 Å².